The fourth-order valence-electron chi connectivity index (χ4n) is 4.52. The van der Waals surface area contributed by atoms with Crippen molar-refractivity contribution in [2.45, 2.75) is 46.5 Å². The predicted octanol–water partition coefficient (Wildman–Crippen LogP) is 3.70. The zero-order valence-electron chi connectivity index (χ0n) is 22.3. The summed E-state index contributed by atoms with van der Waals surface area (Å²) < 4.78 is 5.56. The van der Waals surface area contributed by atoms with Crippen molar-refractivity contribution < 1.29 is 14.3 Å². The number of benzene rings is 1. The SMILES string of the molecule is C=NC1=C(/C=C(\C)NC(=O)c2cc3c(cc2OC)C=C(C(=O)N(CCC)CCC)CC(N)=N3)CNCC1. The average molecular weight is 507 g/mol. The van der Waals surface area contributed by atoms with E-state index in [9.17, 15) is 9.59 Å². The Morgan fingerprint density at radius 2 is 2.03 bits per heavy atom. The molecular formula is C28H38N6O3. The minimum absolute atomic E-state index is 0.0452. The van der Waals surface area contributed by atoms with Crippen molar-refractivity contribution in [3.63, 3.8) is 0 Å². The minimum Gasteiger partial charge on any atom is -0.496 e. The van der Waals surface area contributed by atoms with Gasteiger partial charge in [-0.1, -0.05) is 13.8 Å². The molecule has 0 atom stereocenters. The third-order valence-electron chi connectivity index (χ3n) is 6.22. The maximum atomic E-state index is 13.3. The second kappa shape index (κ2) is 13.0. The van der Waals surface area contributed by atoms with Crippen LogP contribution < -0.4 is 21.1 Å². The summed E-state index contributed by atoms with van der Waals surface area (Å²) in [6.45, 7) is 12.5. The van der Waals surface area contributed by atoms with Crippen LogP contribution in [0.4, 0.5) is 5.69 Å². The molecule has 3 rings (SSSR count). The van der Waals surface area contributed by atoms with Crippen molar-refractivity contribution in [3.05, 3.63) is 51.9 Å². The molecule has 0 aliphatic carbocycles. The number of hydrogen-bond donors (Lipinski definition) is 3. The van der Waals surface area contributed by atoms with Gasteiger partial charge in [-0.2, -0.15) is 0 Å². The summed E-state index contributed by atoms with van der Waals surface area (Å²) in [4.78, 5) is 37.0. The molecule has 2 aliphatic heterocycles. The van der Waals surface area contributed by atoms with Gasteiger partial charge in [0.2, 0.25) is 5.91 Å². The Balaban J connectivity index is 1.93. The number of amides is 2. The van der Waals surface area contributed by atoms with Crippen LogP contribution in [0.2, 0.25) is 0 Å². The fraction of sp³-hybridized carbons (Fsp3) is 0.429. The molecule has 0 fully saturated rings. The molecule has 4 N–H and O–H groups in total. The van der Waals surface area contributed by atoms with Crippen LogP contribution in [0.3, 0.4) is 0 Å². The molecule has 0 saturated carbocycles. The summed E-state index contributed by atoms with van der Waals surface area (Å²) >= 11 is 0. The maximum absolute atomic E-state index is 13.3. The summed E-state index contributed by atoms with van der Waals surface area (Å²) in [7, 11) is 1.51. The van der Waals surface area contributed by atoms with Crippen molar-refractivity contribution in [2.75, 3.05) is 33.3 Å². The van der Waals surface area contributed by atoms with Gasteiger partial charge in [-0.3, -0.25) is 14.6 Å². The first-order valence-corrected chi connectivity index (χ1v) is 12.7. The van der Waals surface area contributed by atoms with E-state index in [1.54, 1.807) is 18.2 Å². The smallest absolute Gasteiger partial charge is 0.259 e. The van der Waals surface area contributed by atoms with E-state index in [2.05, 4.69) is 41.2 Å². The quantitative estimate of drug-likeness (QED) is 0.418. The molecule has 9 nitrogen and oxygen atoms in total. The molecule has 0 radical (unpaired) electrons. The Bertz CT molecular complexity index is 1170. The topological polar surface area (TPSA) is 121 Å². The number of aliphatic imine (C=N–C) groups is 2. The van der Waals surface area contributed by atoms with Crippen LogP contribution in [0, 0.1) is 0 Å². The Hall–Kier alpha value is -3.72. The largest absolute Gasteiger partial charge is 0.496 e. The van der Waals surface area contributed by atoms with E-state index >= 15 is 0 Å². The van der Waals surface area contributed by atoms with E-state index < -0.39 is 0 Å². The van der Waals surface area contributed by atoms with Gasteiger partial charge in [0.25, 0.3) is 5.91 Å². The molecule has 0 spiro atoms. The summed E-state index contributed by atoms with van der Waals surface area (Å²) in [5.74, 6) is 0.325. The van der Waals surface area contributed by atoms with Gasteiger partial charge in [0.1, 0.15) is 11.6 Å². The second-order valence-corrected chi connectivity index (χ2v) is 9.19. The number of amidine groups is 1. The lowest BCUT2D eigenvalue weighted by Crippen LogP contribution is -2.34. The molecule has 1 aromatic rings. The van der Waals surface area contributed by atoms with E-state index in [4.69, 9.17) is 10.5 Å². The number of nitrogens with one attached hydrogen (secondary N) is 2. The van der Waals surface area contributed by atoms with Gasteiger partial charge in [-0.25, -0.2) is 4.99 Å². The lowest BCUT2D eigenvalue weighted by molar-refractivity contribution is -0.127. The van der Waals surface area contributed by atoms with Crippen molar-refractivity contribution in [1.82, 2.24) is 15.5 Å². The number of carbonyl (C=O) groups is 2. The van der Waals surface area contributed by atoms with Gasteiger partial charge < -0.3 is 26.0 Å². The van der Waals surface area contributed by atoms with Crippen molar-refractivity contribution in [3.8, 4) is 5.75 Å². The predicted molar refractivity (Wildman–Crippen MR) is 149 cm³/mol. The van der Waals surface area contributed by atoms with E-state index in [-0.39, 0.29) is 18.2 Å². The van der Waals surface area contributed by atoms with Gasteiger partial charge in [-0.15, -0.1) is 0 Å². The van der Waals surface area contributed by atoms with Crippen molar-refractivity contribution in [1.29, 1.82) is 0 Å². The molecular weight excluding hydrogens is 468 g/mol. The van der Waals surface area contributed by atoms with E-state index in [1.807, 2.05) is 17.9 Å². The second-order valence-electron chi connectivity index (χ2n) is 9.19. The van der Waals surface area contributed by atoms with Gasteiger partial charge in [0.15, 0.2) is 0 Å². The average Bonchev–Trinajstić information content (AvgIpc) is 3.04. The molecule has 2 aliphatic rings. The first-order valence-electron chi connectivity index (χ1n) is 12.7. The highest BCUT2D eigenvalue weighted by Crippen LogP contribution is 2.34. The summed E-state index contributed by atoms with van der Waals surface area (Å²) in [6.07, 6.45) is 6.49. The minimum atomic E-state index is -0.332. The third kappa shape index (κ3) is 6.95. The van der Waals surface area contributed by atoms with E-state index in [0.717, 1.165) is 37.1 Å². The number of ether oxygens (including phenoxy) is 1. The van der Waals surface area contributed by atoms with Crippen LogP contribution in [0.15, 0.2) is 50.7 Å². The van der Waals surface area contributed by atoms with Gasteiger partial charge >= 0.3 is 0 Å². The molecule has 0 bridgehead atoms. The number of nitrogens with two attached hydrogens (primary N) is 1. The monoisotopic (exact) mass is 506 g/mol. The first-order chi connectivity index (χ1) is 17.8. The summed E-state index contributed by atoms with van der Waals surface area (Å²) in [5.41, 5.74) is 10.9. The van der Waals surface area contributed by atoms with Crippen LogP contribution in [-0.2, 0) is 4.79 Å². The van der Waals surface area contributed by atoms with Crippen LogP contribution in [0.5, 0.6) is 5.75 Å². The zero-order chi connectivity index (χ0) is 26.9. The number of fused-ring (bicyclic) bond motifs is 1. The van der Waals surface area contributed by atoms with Crippen LogP contribution >= 0.6 is 0 Å². The third-order valence-corrected chi connectivity index (χ3v) is 6.22. The highest BCUT2D eigenvalue weighted by Gasteiger charge is 2.23. The number of methoxy groups -OCH3 is 1. The lowest BCUT2D eigenvalue weighted by Gasteiger charge is -2.22. The molecule has 37 heavy (non-hydrogen) atoms. The molecule has 2 heterocycles. The van der Waals surface area contributed by atoms with Gasteiger partial charge in [0.05, 0.1) is 18.4 Å². The molecule has 198 valence electrons. The maximum Gasteiger partial charge on any atom is 0.259 e. The Morgan fingerprint density at radius 1 is 1.30 bits per heavy atom. The summed E-state index contributed by atoms with van der Waals surface area (Å²) in [6, 6.07) is 3.39. The van der Waals surface area contributed by atoms with Gasteiger partial charge in [0, 0.05) is 61.6 Å². The molecule has 2 amide bonds. The molecule has 1 aromatic carbocycles. The number of hydrogen-bond acceptors (Lipinski definition) is 7. The zero-order valence-corrected chi connectivity index (χ0v) is 22.3. The highest BCUT2D eigenvalue weighted by molar-refractivity contribution is 6.06. The highest BCUT2D eigenvalue weighted by atomic mass is 16.5. The molecule has 0 unspecified atom stereocenters. The normalized spacial score (nSPS) is 15.7. The Kier molecular flexibility index (Phi) is 9.79. The van der Waals surface area contributed by atoms with Crippen molar-refractivity contribution >= 4 is 36.1 Å². The number of allylic oxidation sites excluding steroid dienone is 1. The molecule has 0 aromatic heterocycles. The number of rotatable bonds is 10. The number of nitrogens with zero attached hydrogens (tertiary/aromatic N) is 3. The molecule has 0 saturated heterocycles. The fourth-order valence-corrected chi connectivity index (χ4v) is 4.52. The van der Waals surface area contributed by atoms with E-state index in [0.29, 0.717) is 59.3 Å². The standard InChI is InChI=1S/C28H38N6O3/c1-6-10-34(11-7-2)28(36)20-13-19-14-25(37-5)22(16-24(19)33-26(29)15-20)27(35)32-18(3)12-21-17-31-9-8-23(21)30-4/h12-14,16,31H,4,6-11,15,17H2,1-3,5H3,(H2,29,33)(H,32,35)/b18-12+. The van der Waals surface area contributed by atoms with Gasteiger partial charge in [-0.05, 0) is 56.3 Å². The first kappa shape index (κ1) is 27.9. The Morgan fingerprint density at radius 3 is 2.68 bits per heavy atom. The van der Waals surface area contributed by atoms with Crippen molar-refractivity contribution in [2.24, 2.45) is 15.7 Å². The van der Waals surface area contributed by atoms with E-state index in [1.165, 1.54) is 7.11 Å². The number of carbonyl (C=O) groups excluding carboxylic acids is 2. The molecule has 9 heteroatoms. The Labute approximate surface area is 219 Å². The lowest BCUT2D eigenvalue weighted by atomic mass is 10.0. The van der Waals surface area contributed by atoms with Crippen LogP contribution in [0.25, 0.3) is 6.08 Å². The van der Waals surface area contributed by atoms with Crippen LogP contribution in [-0.4, -0.2) is 62.6 Å². The summed E-state index contributed by atoms with van der Waals surface area (Å²) in [5, 5.41) is 6.23. The van der Waals surface area contributed by atoms with Crippen LogP contribution in [0.1, 0.15) is 62.4 Å².